The number of alkyl carbamates (subject to hydrolysis) is 1. The van der Waals surface area contributed by atoms with Crippen LogP contribution in [0.3, 0.4) is 0 Å². The van der Waals surface area contributed by atoms with Crippen LogP contribution in [-0.4, -0.2) is 165 Å². The van der Waals surface area contributed by atoms with Gasteiger partial charge in [0.05, 0.1) is 74.2 Å². The highest BCUT2D eigenvalue weighted by Gasteiger charge is 2.64. The Morgan fingerprint density at radius 1 is 1.00 bits per heavy atom. The van der Waals surface area contributed by atoms with Gasteiger partial charge in [0.1, 0.15) is 40.7 Å². The SMILES string of the molecule is COc1cc2cc(c1Cl)N(C)C(=O)C[C@H](OC(=O)[C@H](CCCCNC(=O)CCOCCOCCNC(=O)c1ccc3nc(CBr)c(CBr)nc3c1)N(C)C(C)=O)[C@]1(C)O[C@H]1[C@H](C)[C@@H]1C[C@@](O)(NC(=O)O1)[C@H](OC)/C=C/C=C(\C)C2. The Labute approximate surface area is 482 Å². The number of nitrogens with one attached hydrogen (secondary N) is 3. The molecule has 0 saturated carbocycles. The van der Waals surface area contributed by atoms with Gasteiger partial charge in [0.15, 0.2) is 5.72 Å². The first kappa shape index (κ1) is 62.9. The quantitative estimate of drug-likeness (QED) is 0.0368. The van der Waals surface area contributed by atoms with E-state index in [0.717, 1.165) is 22.5 Å². The van der Waals surface area contributed by atoms with Gasteiger partial charge in [-0.1, -0.05) is 74.2 Å². The van der Waals surface area contributed by atoms with Crippen LogP contribution in [0.25, 0.3) is 11.0 Å². The summed E-state index contributed by atoms with van der Waals surface area (Å²) in [5, 5.41) is 21.4. The molecule has 21 nitrogen and oxygen atoms in total. The van der Waals surface area contributed by atoms with E-state index >= 15 is 0 Å². The predicted octanol–water partition coefficient (Wildman–Crippen LogP) is 6.39. The third kappa shape index (κ3) is 16.4. The molecule has 6 rings (SSSR count). The van der Waals surface area contributed by atoms with Crippen molar-refractivity contribution in [2.75, 3.05) is 72.7 Å². The molecule has 2 fully saturated rings. The van der Waals surface area contributed by atoms with E-state index in [1.54, 1.807) is 63.4 Å². The number of halogens is 3. The molecule has 0 aliphatic carbocycles. The van der Waals surface area contributed by atoms with E-state index in [-0.39, 0.29) is 75.5 Å². The zero-order valence-corrected chi connectivity index (χ0v) is 49.8. The maximum absolute atomic E-state index is 14.5. The van der Waals surface area contributed by atoms with Crippen LogP contribution >= 0.6 is 43.5 Å². The fraction of sp³-hybridized carbons (Fsp3) is 0.564. The average Bonchev–Trinajstić information content (AvgIpc) is 4.34. The summed E-state index contributed by atoms with van der Waals surface area (Å²) in [5.41, 5.74) is 2.26. The molecule has 4 bridgehead atoms. The number of hydrogen-bond acceptors (Lipinski definition) is 16. The van der Waals surface area contributed by atoms with Crippen LogP contribution in [0.4, 0.5) is 10.5 Å². The molecule has 79 heavy (non-hydrogen) atoms. The summed E-state index contributed by atoms with van der Waals surface area (Å²) in [6, 6.07) is 7.66. The van der Waals surface area contributed by atoms with Crippen molar-refractivity contribution < 1.29 is 67.0 Å². The van der Waals surface area contributed by atoms with Crippen LogP contribution in [0.5, 0.6) is 5.75 Å². The van der Waals surface area contributed by atoms with Gasteiger partial charge in [0.2, 0.25) is 17.7 Å². The first-order chi connectivity index (χ1) is 37.7. The van der Waals surface area contributed by atoms with Gasteiger partial charge < -0.3 is 58.7 Å². The molecular formula is C55H72Br2ClN7O14. The van der Waals surface area contributed by atoms with Crippen LogP contribution in [0.15, 0.2) is 54.1 Å². The number of esters is 1. The number of benzene rings is 2. The molecule has 8 atom stereocenters. The Kier molecular flexibility index (Phi) is 23.0. The van der Waals surface area contributed by atoms with Crippen LogP contribution in [0.2, 0.25) is 5.02 Å². The Morgan fingerprint density at radius 2 is 1.71 bits per heavy atom. The fourth-order valence-electron chi connectivity index (χ4n) is 9.60. The van der Waals surface area contributed by atoms with Crippen molar-refractivity contribution in [1.29, 1.82) is 0 Å². The number of carbonyl (C=O) groups is 6. The van der Waals surface area contributed by atoms with Crippen LogP contribution in [-0.2, 0) is 64.7 Å². The number of aromatic nitrogens is 2. The number of allylic oxidation sites excluding steroid dienone is 3. The molecule has 5 amide bonds. The van der Waals surface area contributed by atoms with E-state index < -0.39 is 71.6 Å². The topological polar surface area (TPSA) is 259 Å². The molecule has 24 heteroatoms. The molecule has 0 radical (unpaired) electrons. The average molecular weight is 1250 g/mol. The lowest BCUT2D eigenvalue weighted by Crippen LogP contribution is -2.63. The van der Waals surface area contributed by atoms with E-state index in [1.807, 2.05) is 13.0 Å². The van der Waals surface area contributed by atoms with Gasteiger partial charge in [-0.3, -0.25) is 24.5 Å². The second-order valence-electron chi connectivity index (χ2n) is 20.0. The van der Waals surface area contributed by atoms with Gasteiger partial charge in [0, 0.05) is 76.2 Å². The van der Waals surface area contributed by atoms with E-state index in [0.29, 0.717) is 64.5 Å². The van der Waals surface area contributed by atoms with Crippen molar-refractivity contribution in [2.45, 2.75) is 125 Å². The number of likely N-dealkylation sites (N-methyl/N-ethyl adjacent to an activating group) is 1. The molecule has 4 N–H and O–H groups in total. The summed E-state index contributed by atoms with van der Waals surface area (Å²) >= 11 is 13.7. The summed E-state index contributed by atoms with van der Waals surface area (Å²) in [6.45, 7) is 8.21. The van der Waals surface area contributed by atoms with Gasteiger partial charge in [-0.15, -0.1) is 0 Å². The third-order valence-electron chi connectivity index (χ3n) is 14.4. The van der Waals surface area contributed by atoms with Crippen LogP contribution in [0, 0.1) is 5.92 Å². The van der Waals surface area contributed by atoms with E-state index in [9.17, 15) is 33.9 Å². The number of carbonyl (C=O) groups excluding carboxylic acids is 6. The van der Waals surface area contributed by atoms with Crippen molar-refractivity contribution in [3.63, 3.8) is 0 Å². The number of hydrogen-bond donors (Lipinski definition) is 4. The number of aliphatic hydroxyl groups is 1. The van der Waals surface area contributed by atoms with Crippen LogP contribution < -0.4 is 25.6 Å². The van der Waals surface area contributed by atoms with Gasteiger partial charge in [-0.05, 0) is 75.4 Å². The van der Waals surface area contributed by atoms with Gasteiger partial charge >= 0.3 is 12.1 Å². The van der Waals surface area contributed by atoms with E-state index in [1.165, 1.54) is 38.0 Å². The summed E-state index contributed by atoms with van der Waals surface area (Å²) in [7, 11) is 5.94. The smallest absolute Gasteiger partial charge is 0.409 e. The normalized spacial score (nSPS) is 24.7. The highest BCUT2D eigenvalue weighted by molar-refractivity contribution is 9.09. The monoisotopic (exact) mass is 1250 g/mol. The molecule has 3 aliphatic heterocycles. The Balaban J connectivity index is 1.01. The predicted molar refractivity (Wildman–Crippen MR) is 301 cm³/mol. The number of rotatable bonds is 22. The lowest BCUT2D eigenvalue weighted by Gasteiger charge is -2.42. The number of alkyl halides is 2. The summed E-state index contributed by atoms with van der Waals surface area (Å²) < 4.78 is 40.8. The first-order valence-corrected chi connectivity index (χ1v) is 28.7. The minimum Gasteiger partial charge on any atom is -0.495 e. The van der Waals surface area contributed by atoms with Gasteiger partial charge in [-0.2, -0.15) is 0 Å². The maximum atomic E-state index is 14.5. The van der Waals surface area contributed by atoms with Crippen molar-refractivity contribution >= 4 is 95.9 Å². The lowest BCUT2D eigenvalue weighted by atomic mass is 9.83. The summed E-state index contributed by atoms with van der Waals surface area (Å²) in [5.74, 6) is -2.41. The molecule has 1 aromatic heterocycles. The zero-order chi connectivity index (χ0) is 57.6. The number of amides is 5. The number of ether oxygens (including phenoxy) is 7. The fourth-order valence-corrected chi connectivity index (χ4v) is 10.8. The molecule has 432 valence electrons. The number of nitrogens with zero attached hydrogens (tertiary/aromatic N) is 4. The van der Waals surface area contributed by atoms with Crippen molar-refractivity contribution in [2.24, 2.45) is 5.92 Å². The van der Waals surface area contributed by atoms with Crippen molar-refractivity contribution in [3.8, 4) is 5.75 Å². The standard InChI is InChI=1S/C55H72Br2ClN7O14/c1-32-12-11-14-45(74-8)55(72)29-44(77-53(71)63-55)33(2)50-54(4,79-50)46(28-48(68)65(6)42-25-35(24-32)26-43(73-7)49(42)58)78-52(70)41(64(5)34(3)66)13-9-10-18-59-47(67)17-20-75-22-23-76-21-19-60-51(69)36-15-16-37-38(27-36)62-40(31-57)39(30-56)61-37/h11-12,14-16,25-27,33,41,44-46,50,72H,9-10,13,17-24,28-31H2,1-8H3,(H,59,67)(H,60,69)(H,63,71)/b14-11+,32-12+/t33-,41+,44+,45-,46+,50+,54+,55+/m1/s1. The third-order valence-corrected chi connectivity index (χ3v) is 15.8. The molecule has 2 saturated heterocycles. The lowest BCUT2D eigenvalue weighted by molar-refractivity contribution is -0.162. The molecule has 3 aliphatic rings. The maximum Gasteiger partial charge on any atom is 0.409 e. The number of fused-ring (bicyclic) bond motifs is 6. The van der Waals surface area contributed by atoms with Crippen molar-refractivity contribution in [1.82, 2.24) is 30.8 Å². The molecule has 3 aromatic rings. The van der Waals surface area contributed by atoms with Crippen molar-refractivity contribution in [3.05, 3.63) is 81.7 Å². The molecule has 0 spiro atoms. The minimum absolute atomic E-state index is 0.0956. The second-order valence-corrected chi connectivity index (χ2v) is 21.5. The zero-order valence-electron chi connectivity index (χ0n) is 45.9. The summed E-state index contributed by atoms with van der Waals surface area (Å²) in [6.07, 6.45) is 1.58. The summed E-state index contributed by atoms with van der Waals surface area (Å²) in [4.78, 5) is 92.1. The van der Waals surface area contributed by atoms with Gasteiger partial charge in [0.25, 0.3) is 5.91 Å². The van der Waals surface area contributed by atoms with Crippen LogP contribution in [0.1, 0.15) is 93.5 Å². The second kappa shape index (κ2) is 28.9. The molecule has 4 heterocycles. The molecular weight excluding hydrogens is 1180 g/mol. The Morgan fingerprint density at radius 3 is 2.39 bits per heavy atom. The number of epoxide rings is 1. The molecule has 0 unspecified atom stereocenters. The largest absolute Gasteiger partial charge is 0.495 e. The van der Waals surface area contributed by atoms with Gasteiger partial charge in [-0.25, -0.2) is 19.6 Å². The highest BCUT2D eigenvalue weighted by atomic mass is 79.9. The van der Waals surface area contributed by atoms with E-state index in [2.05, 4.69) is 57.8 Å². The Hall–Kier alpha value is -5.27. The molecule has 2 aromatic carbocycles. The minimum atomic E-state index is -1.88. The number of unbranched alkanes of at least 4 members (excludes halogenated alkanes) is 1. The first-order valence-electron chi connectivity index (χ1n) is 26.1. The Bertz CT molecular complexity index is 2750. The van der Waals surface area contributed by atoms with E-state index in [4.69, 9.17) is 44.8 Å². The highest BCUT2D eigenvalue weighted by Crippen LogP contribution is 2.49. The number of anilines is 1. The number of methoxy groups -OCH3 is 2.